The van der Waals surface area contributed by atoms with Gasteiger partial charge in [-0.3, -0.25) is 0 Å². The Morgan fingerprint density at radius 2 is 2.05 bits per heavy atom. The third-order valence-electron chi connectivity index (χ3n) is 4.01. The number of hydrogen-bond donors (Lipinski definition) is 1. The van der Waals surface area contributed by atoms with E-state index in [1.165, 1.54) is 47.7 Å². The van der Waals surface area contributed by atoms with Gasteiger partial charge in [0.25, 0.3) is 0 Å². The van der Waals surface area contributed by atoms with Crippen LogP contribution in [0.15, 0.2) is 0 Å². The number of nitrogens with one attached hydrogen (secondary N) is 1. The molecule has 3 nitrogen and oxygen atoms in total. The van der Waals surface area contributed by atoms with Crippen molar-refractivity contribution in [3.8, 4) is 0 Å². The molecular weight excluding hydrogens is 268 g/mol. The van der Waals surface area contributed by atoms with Crippen LogP contribution in [-0.4, -0.2) is 25.2 Å². The quantitative estimate of drug-likeness (QED) is 0.771. The molecule has 1 aromatic rings. The zero-order valence-electron chi connectivity index (χ0n) is 13.1. The second-order valence-electron chi connectivity index (χ2n) is 6.02. The van der Waals surface area contributed by atoms with E-state index in [9.17, 15) is 0 Å². The molecule has 1 aliphatic carbocycles. The van der Waals surface area contributed by atoms with E-state index in [0.717, 1.165) is 25.6 Å². The van der Waals surface area contributed by atoms with E-state index in [2.05, 4.69) is 19.2 Å². The number of methoxy groups -OCH3 is 1. The van der Waals surface area contributed by atoms with Crippen molar-refractivity contribution in [2.75, 3.05) is 20.3 Å². The van der Waals surface area contributed by atoms with Crippen molar-refractivity contribution < 1.29 is 4.74 Å². The fourth-order valence-corrected chi connectivity index (χ4v) is 4.22. The van der Waals surface area contributed by atoms with E-state index in [1.807, 2.05) is 11.3 Å². The summed E-state index contributed by atoms with van der Waals surface area (Å²) in [5.41, 5.74) is 1.31. The number of ether oxygens (including phenoxy) is 1. The summed E-state index contributed by atoms with van der Waals surface area (Å²) in [6.07, 6.45) is 6.83. The van der Waals surface area contributed by atoms with Gasteiger partial charge in [0.15, 0.2) is 0 Å². The maximum absolute atomic E-state index is 5.08. The van der Waals surface area contributed by atoms with Crippen molar-refractivity contribution in [2.45, 2.75) is 64.3 Å². The van der Waals surface area contributed by atoms with E-state index < -0.39 is 0 Å². The van der Waals surface area contributed by atoms with Crippen molar-refractivity contribution in [2.24, 2.45) is 0 Å². The van der Waals surface area contributed by atoms with E-state index in [-0.39, 0.29) is 0 Å². The minimum Gasteiger partial charge on any atom is -0.383 e. The Hall–Kier alpha value is -0.450. The molecule has 0 bridgehead atoms. The summed E-state index contributed by atoms with van der Waals surface area (Å²) in [7, 11) is 1.75. The Kier molecular flexibility index (Phi) is 6.46. The largest absolute Gasteiger partial charge is 0.383 e. The lowest BCUT2D eigenvalue weighted by molar-refractivity contribution is 0.199. The van der Waals surface area contributed by atoms with Crippen LogP contribution in [-0.2, 0) is 11.3 Å². The van der Waals surface area contributed by atoms with Crippen LogP contribution in [0.5, 0.6) is 0 Å². The molecule has 0 spiro atoms. The zero-order valence-corrected chi connectivity index (χ0v) is 13.9. The SMILES string of the molecule is COCCNCc1sc(C2CCCCC2)nc1C(C)C. The summed E-state index contributed by atoms with van der Waals surface area (Å²) in [5, 5.41) is 4.85. The van der Waals surface area contributed by atoms with Crippen LogP contribution in [0.3, 0.4) is 0 Å². The first-order chi connectivity index (χ1) is 9.72. The van der Waals surface area contributed by atoms with E-state index in [4.69, 9.17) is 9.72 Å². The van der Waals surface area contributed by atoms with Gasteiger partial charge in [-0.2, -0.15) is 0 Å². The number of thiazole rings is 1. The van der Waals surface area contributed by atoms with E-state index >= 15 is 0 Å². The van der Waals surface area contributed by atoms with E-state index in [1.54, 1.807) is 7.11 Å². The number of rotatable bonds is 7. The summed E-state index contributed by atoms with van der Waals surface area (Å²) in [6, 6.07) is 0. The molecule has 1 fully saturated rings. The van der Waals surface area contributed by atoms with Gasteiger partial charge in [0.2, 0.25) is 0 Å². The first kappa shape index (κ1) is 15.9. The minimum atomic E-state index is 0.516. The highest BCUT2D eigenvalue weighted by molar-refractivity contribution is 7.11. The Labute approximate surface area is 127 Å². The van der Waals surface area contributed by atoms with Crippen molar-refractivity contribution >= 4 is 11.3 Å². The molecule has 0 aromatic carbocycles. The highest BCUT2D eigenvalue weighted by Crippen LogP contribution is 2.37. The Bertz CT molecular complexity index is 397. The van der Waals surface area contributed by atoms with Gasteiger partial charge in [-0.15, -0.1) is 11.3 Å². The predicted molar refractivity (Wildman–Crippen MR) is 85.6 cm³/mol. The molecule has 0 unspecified atom stereocenters. The maximum Gasteiger partial charge on any atom is 0.0962 e. The minimum absolute atomic E-state index is 0.516. The van der Waals surface area contributed by atoms with E-state index in [0.29, 0.717) is 5.92 Å². The van der Waals surface area contributed by atoms with Crippen LogP contribution >= 0.6 is 11.3 Å². The van der Waals surface area contributed by atoms with Gasteiger partial charge in [-0.1, -0.05) is 33.1 Å². The molecule has 0 radical (unpaired) electrons. The monoisotopic (exact) mass is 296 g/mol. The third kappa shape index (κ3) is 4.27. The van der Waals surface area contributed by atoms with Crippen molar-refractivity contribution in [1.29, 1.82) is 0 Å². The van der Waals surface area contributed by atoms with Gasteiger partial charge < -0.3 is 10.1 Å². The molecule has 1 N–H and O–H groups in total. The lowest BCUT2D eigenvalue weighted by atomic mass is 9.90. The van der Waals surface area contributed by atoms with Crippen molar-refractivity contribution in [1.82, 2.24) is 10.3 Å². The summed E-state index contributed by atoms with van der Waals surface area (Å²) < 4.78 is 5.08. The molecule has 0 atom stereocenters. The van der Waals surface area contributed by atoms with Crippen LogP contribution < -0.4 is 5.32 Å². The van der Waals surface area contributed by atoms with Crippen molar-refractivity contribution in [3.63, 3.8) is 0 Å². The molecule has 1 aromatic heterocycles. The standard InChI is InChI=1S/C16H28N2OS/c1-12(2)15-14(11-17-9-10-19-3)20-16(18-15)13-7-5-4-6-8-13/h12-13,17H,4-11H2,1-3H3. The molecule has 0 amide bonds. The molecule has 1 aliphatic rings. The maximum atomic E-state index is 5.08. The second kappa shape index (κ2) is 8.11. The molecule has 20 heavy (non-hydrogen) atoms. The number of hydrogen-bond acceptors (Lipinski definition) is 4. The Morgan fingerprint density at radius 3 is 2.70 bits per heavy atom. The number of aromatic nitrogens is 1. The molecule has 1 saturated carbocycles. The van der Waals surface area contributed by atoms with Crippen LogP contribution in [0.4, 0.5) is 0 Å². The molecule has 0 aliphatic heterocycles. The number of nitrogens with zero attached hydrogens (tertiary/aromatic N) is 1. The van der Waals surface area contributed by atoms with Crippen molar-refractivity contribution in [3.05, 3.63) is 15.6 Å². The molecule has 1 heterocycles. The normalized spacial score (nSPS) is 17.0. The molecule has 114 valence electrons. The van der Waals surface area contributed by atoms with Gasteiger partial charge in [0, 0.05) is 31.0 Å². The van der Waals surface area contributed by atoms with Crippen LogP contribution in [0.1, 0.15) is 73.4 Å². The van der Waals surface area contributed by atoms with Crippen LogP contribution in [0, 0.1) is 0 Å². The van der Waals surface area contributed by atoms with Gasteiger partial charge >= 0.3 is 0 Å². The summed E-state index contributed by atoms with van der Waals surface area (Å²) in [5.74, 6) is 1.24. The van der Waals surface area contributed by atoms with Gasteiger partial charge in [-0.05, 0) is 18.8 Å². The Morgan fingerprint density at radius 1 is 1.30 bits per heavy atom. The topological polar surface area (TPSA) is 34.1 Å². The molecular formula is C16H28N2OS. The first-order valence-corrected chi connectivity index (χ1v) is 8.73. The van der Waals surface area contributed by atoms with Crippen LogP contribution in [0.25, 0.3) is 0 Å². The predicted octanol–water partition coefficient (Wildman–Crippen LogP) is 4.05. The average molecular weight is 296 g/mol. The lowest BCUT2D eigenvalue weighted by Gasteiger charge is -2.19. The molecule has 2 rings (SSSR count). The highest BCUT2D eigenvalue weighted by Gasteiger charge is 2.22. The fraction of sp³-hybridized carbons (Fsp3) is 0.812. The average Bonchev–Trinajstić information content (AvgIpc) is 2.89. The van der Waals surface area contributed by atoms with Gasteiger partial charge in [0.1, 0.15) is 0 Å². The third-order valence-corrected chi connectivity index (χ3v) is 5.25. The summed E-state index contributed by atoms with van der Waals surface area (Å²) in [6.45, 7) is 7.11. The molecule has 4 heteroatoms. The lowest BCUT2D eigenvalue weighted by Crippen LogP contribution is -2.18. The fourth-order valence-electron chi connectivity index (χ4n) is 2.86. The Balaban J connectivity index is 2.02. The van der Waals surface area contributed by atoms with Crippen LogP contribution in [0.2, 0.25) is 0 Å². The van der Waals surface area contributed by atoms with Gasteiger partial charge in [0.05, 0.1) is 17.3 Å². The molecule has 0 saturated heterocycles. The first-order valence-electron chi connectivity index (χ1n) is 7.91. The summed E-state index contributed by atoms with van der Waals surface area (Å²) in [4.78, 5) is 6.41. The second-order valence-corrected chi connectivity index (χ2v) is 7.13. The zero-order chi connectivity index (χ0) is 14.4. The van der Waals surface area contributed by atoms with Gasteiger partial charge in [-0.25, -0.2) is 4.98 Å². The smallest absolute Gasteiger partial charge is 0.0962 e. The summed E-state index contributed by atoms with van der Waals surface area (Å²) >= 11 is 1.94. The highest BCUT2D eigenvalue weighted by atomic mass is 32.1.